The van der Waals surface area contributed by atoms with Crippen molar-refractivity contribution in [2.24, 2.45) is 0 Å². The molecule has 80 valence electrons. The third-order valence-electron chi connectivity index (χ3n) is 2.06. The molecular formula is C11H24O2. The minimum atomic E-state index is 0.190. The lowest BCUT2D eigenvalue weighted by molar-refractivity contribution is 0.244. The molecule has 1 rings (SSSR count). The molecule has 0 aromatic carbocycles. The van der Waals surface area contributed by atoms with Gasteiger partial charge in [-0.25, -0.2) is 0 Å². The minimum Gasteiger partial charge on any atom is -0.394 e. The van der Waals surface area contributed by atoms with Gasteiger partial charge in [-0.15, -0.1) is 0 Å². The predicted molar refractivity (Wildman–Crippen MR) is 55.9 cm³/mol. The molecule has 1 fully saturated rings. The highest BCUT2D eigenvalue weighted by Gasteiger charge is 2.19. The van der Waals surface area contributed by atoms with Gasteiger partial charge in [0.05, 0.1) is 13.2 Å². The average molecular weight is 188 g/mol. The van der Waals surface area contributed by atoms with Gasteiger partial charge in [0.15, 0.2) is 0 Å². The lowest BCUT2D eigenvalue weighted by Gasteiger charge is -1.93. The lowest BCUT2D eigenvalue weighted by Crippen LogP contribution is -1.88. The summed E-state index contributed by atoms with van der Waals surface area (Å²) in [6, 6.07) is 0. The zero-order valence-electron chi connectivity index (χ0n) is 9.09. The maximum atomic E-state index is 8.08. The van der Waals surface area contributed by atoms with Crippen molar-refractivity contribution in [3.8, 4) is 0 Å². The molecule has 0 spiro atoms. The summed E-state index contributed by atoms with van der Waals surface area (Å²) in [6.45, 7) is 5.47. The second-order valence-corrected chi connectivity index (χ2v) is 3.55. The molecule has 1 aliphatic rings. The maximum absolute atomic E-state index is 8.08. The van der Waals surface area contributed by atoms with Crippen LogP contribution in [0.3, 0.4) is 0 Å². The zero-order valence-corrected chi connectivity index (χ0v) is 9.09. The number of aliphatic hydroxyl groups excluding tert-OH is 1. The summed E-state index contributed by atoms with van der Waals surface area (Å²) in [5.41, 5.74) is 0. The molecule has 0 radical (unpaired) electrons. The van der Waals surface area contributed by atoms with Gasteiger partial charge in [-0.05, 0) is 0 Å². The Kier molecular flexibility index (Phi) is 9.94. The number of ether oxygens (including phenoxy) is 1. The molecule has 1 heterocycles. The van der Waals surface area contributed by atoms with Crippen LogP contribution in [0.1, 0.15) is 52.4 Å². The van der Waals surface area contributed by atoms with Crippen molar-refractivity contribution in [2.45, 2.75) is 58.5 Å². The molecule has 2 nitrogen and oxygen atoms in total. The molecule has 13 heavy (non-hydrogen) atoms. The van der Waals surface area contributed by atoms with Crippen LogP contribution in [-0.2, 0) is 4.74 Å². The zero-order chi connectivity index (χ0) is 9.94. The van der Waals surface area contributed by atoms with E-state index in [9.17, 15) is 0 Å². The first-order valence-electron chi connectivity index (χ1n) is 5.57. The van der Waals surface area contributed by atoms with E-state index in [1.807, 2.05) is 0 Å². The summed E-state index contributed by atoms with van der Waals surface area (Å²) in [5.74, 6) is 0. The standard InChI is InChI=1S/C8H18.C3H6O2/c1-3-5-7-8-6-4-2;4-1-3-2-5-3/h3-8H2,1-2H3;3-4H,1-2H2. The van der Waals surface area contributed by atoms with Crippen LogP contribution in [0.2, 0.25) is 0 Å². The van der Waals surface area contributed by atoms with Crippen molar-refractivity contribution in [2.75, 3.05) is 13.2 Å². The Balaban J connectivity index is 0.000000243. The molecule has 1 saturated heterocycles. The molecule has 1 aliphatic heterocycles. The molecular weight excluding hydrogens is 164 g/mol. The molecule has 1 atom stereocenters. The molecule has 0 amide bonds. The first kappa shape index (κ1) is 12.9. The van der Waals surface area contributed by atoms with E-state index in [-0.39, 0.29) is 12.7 Å². The number of epoxide rings is 1. The van der Waals surface area contributed by atoms with Crippen LogP contribution < -0.4 is 0 Å². The van der Waals surface area contributed by atoms with Gasteiger partial charge in [-0.3, -0.25) is 0 Å². The van der Waals surface area contributed by atoms with Crippen LogP contribution in [0, 0.1) is 0 Å². The van der Waals surface area contributed by atoms with Gasteiger partial charge >= 0.3 is 0 Å². The summed E-state index contributed by atoms with van der Waals surface area (Å²) in [7, 11) is 0. The first-order valence-corrected chi connectivity index (χ1v) is 5.57. The van der Waals surface area contributed by atoms with Crippen LogP contribution in [0.5, 0.6) is 0 Å². The van der Waals surface area contributed by atoms with Gasteiger partial charge < -0.3 is 9.84 Å². The topological polar surface area (TPSA) is 32.8 Å². The number of aliphatic hydroxyl groups is 1. The maximum Gasteiger partial charge on any atom is 0.104 e. The predicted octanol–water partition coefficient (Wildman–Crippen LogP) is 2.74. The summed E-state index contributed by atoms with van der Waals surface area (Å²) in [6.07, 6.45) is 8.68. The highest BCUT2D eigenvalue weighted by atomic mass is 16.6. The van der Waals surface area contributed by atoms with E-state index in [1.165, 1.54) is 38.5 Å². The van der Waals surface area contributed by atoms with Crippen LogP contribution in [0.25, 0.3) is 0 Å². The highest BCUT2D eigenvalue weighted by molar-refractivity contribution is 4.65. The quantitative estimate of drug-likeness (QED) is 0.513. The van der Waals surface area contributed by atoms with E-state index in [1.54, 1.807) is 0 Å². The summed E-state index contributed by atoms with van der Waals surface area (Å²) in [5, 5.41) is 8.08. The van der Waals surface area contributed by atoms with E-state index in [4.69, 9.17) is 5.11 Å². The number of hydrogen-bond acceptors (Lipinski definition) is 2. The van der Waals surface area contributed by atoms with Crippen LogP contribution in [0.15, 0.2) is 0 Å². The fourth-order valence-corrected chi connectivity index (χ4v) is 1.03. The molecule has 0 aliphatic carbocycles. The second kappa shape index (κ2) is 10.0. The monoisotopic (exact) mass is 188 g/mol. The normalized spacial score (nSPS) is 19.2. The summed E-state index contributed by atoms with van der Waals surface area (Å²) in [4.78, 5) is 0. The smallest absolute Gasteiger partial charge is 0.104 e. The molecule has 2 heteroatoms. The van der Waals surface area contributed by atoms with Gasteiger partial charge in [0, 0.05) is 0 Å². The number of hydrogen-bond donors (Lipinski definition) is 1. The third-order valence-corrected chi connectivity index (χ3v) is 2.06. The summed E-state index contributed by atoms with van der Waals surface area (Å²) < 4.78 is 4.61. The van der Waals surface area contributed by atoms with Crippen molar-refractivity contribution in [3.05, 3.63) is 0 Å². The minimum absolute atomic E-state index is 0.190. The number of rotatable bonds is 6. The fraction of sp³-hybridized carbons (Fsp3) is 1.00. The molecule has 0 aromatic heterocycles. The Morgan fingerprint density at radius 2 is 1.54 bits per heavy atom. The van der Waals surface area contributed by atoms with Gasteiger partial charge in [0.25, 0.3) is 0 Å². The van der Waals surface area contributed by atoms with E-state index < -0.39 is 0 Å². The molecule has 1 N–H and O–H groups in total. The van der Waals surface area contributed by atoms with Gasteiger partial charge in [0.2, 0.25) is 0 Å². The van der Waals surface area contributed by atoms with E-state index in [0.717, 1.165) is 6.61 Å². The van der Waals surface area contributed by atoms with E-state index in [2.05, 4.69) is 18.6 Å². The largest absolute Gasteiger partial charge is 0.394 e. The van der Waals surface area contributed by atoms with Crippen LogP contribution >= 0.6 is 0 Å². The Labute approximate surface area is 82.3 Å². The van der Waals surface area contributed by atoms with Crippen molar-refractivity contribution < 1.29 is 9.84 Å². The van der Waals surface area contributed by atoms with Crippen LogP contribution in [-0.4, -0.2) is 24.4 Å². The SMILES string of the molecule is CCCCCCCC.OCC1CO1. The average Bonchev–Trinajstić information content (AvgIpc) is 2.97. The summed E-state index contributed by atoms with van der Waals surface area (Å²) >= 11 is 0. The lowest BCUT2D eigenvalue weighted by atomic mass is 10.1. The molecule has 0 aromatic rings. The van der Waals surface area contributed by atoms with Crippen molar-refractivity contribution in [1.82, 2.24) is 0 Å². The van der Waals surface area contributed by atoms with Crippen molar-refractivity contribution >= 4 is 0 Å². The second-order valence-electron chi connectivity index (χ2n) is 3.55. The Morgan fingerprint density at radius 3 is 1.69 bits per heavy atom. The Morgan fingerprint density at radius 1 is 1.08 bits per heavy atom. The van der Waals surface area contributed by atoms with E-state index >= 15 is 0 Å². The third kappa shape index (κ3) is 11.9. The van der Waals surface area contributed by atoms with Crippen LogP contribution in [0.4, 0.5) is 0 Å². The molecule has 1 unspecified atom stereocenters. The molecule has 0 bridgehead atoms. The van der Waals surface area contributed by atoms with Gasteiger partial charge in [-0.2, -0.15) is 0 Å². The van der Waals surface area contributed by atoms with E-state index in [0.29, 0.717) is 0 Å². The van der Waals surface area contributed by atoms with Crippen molar-refractivity contribution in [3.63, 3.8) is 0 Å². The van der Waals surface area contributed by atoms with Gasteiger partial charge in [-0.1, -0.05) is 52.4 Å². The number of unbranched alkanes of at least 4 members (excludes halogenated alkanes) is 5. The Hall–Kier alpha value is -0.0800. The van der Waals surface area contributed by atoms with Gasteiger partial charge in [0.1, 0.15) is 6.10 Å². The highest BCUT2D eigenvalue weighted by Crippen LogP contribution is 2.05. The van der Waals surface area contributed by atoms with Crippen molar-refractivity contribution in [1.29, 1.82) is 0 Å². The fourth-order valence-electron chi connectivity index (χ4n) is 1.03. The Bertz CT molecular complexity index is 84.1. The molecule has 0 saturated carbocycles. The first-order chi connectivity index (χ1) is 6.35.